The van der Waals surface area contributed by atoms with E-state index < -0.39 is 0 Å². The van der Waals surface area contributed by atoms with Gasteiger partial charge < -0.3 is 24.5 Å². The highest BCUT2D eigenvalue weighted by molar-refractivity contribution is 5.95. The Bertz CT molecular complexity index is 1190. The van der Waals surface area contributed by atoms with E-state index in [2.05, 4.69) is 16.4 Å². The Kier molecular flexibility index (Phi) is 6.31. The van der Waals surface area contributed by atoms with Crippen molar-refractivity contribution >= 4 is 16.8 Å². The zero-order valence-corrected chi connectivity index (χ0v) is 18.3. The van der Waals surface area contributed by atoms with Gasteiger partial charge in [0.25, 0.3) is 5.91 Å². The van der Waals surface area contributed by atoms with Crippen LogP contribution >= 0.6 is 0 Å². The van der Waals surface area contributed by atoms with Crippen LogP contribution in [-0.4, -0.2) is 38.8 Å². The van der Waals surface area contributed by atoms with Crippen LogP contribution in [0, 0.1) is 0 Å². The molecule has 0 radical (unpaired) electrons. The fourth-order valence-corrected chi connectivity index (χ4v) is 3.86. The molecule has 6 heteroatoms. The highest BCUT2D eigenvalue weighted by Gasteiger charge is 2.20. The molecule has 164 valence electrons. The number of carbonyl (C=O) groups is 1. The van der Waals surface area contributed by atoms with Crippen LogP contribution in [0.25, 0.3) is 10.9 Å². The molecule has 6 nitrogen and oxygen atoms in total. The van der Waals surface area contributed by atoms with Crippen LogP contribution in [0.4, 0.5) is 0 Å². The minimum atomic E-state index is -0.194. The first kappa shape index (κ1) is 21.3. The van der Waals surface area contributed by atoms with Crippen LogP contribution in [0.5, 0.6) is 17.2 Å². The summed E-state index contributed by atoms with van der Waals surface area (Å²) in [4.78, 5) is 16.3. The second-order valence-corrected chi connectivity index (χ2v) is 7.43. The Morgan fingerprint density at radius 3 is 2.19 bits per heavy atom. The van der Waals surface area contributed by atoms with Crippen molar-refractivity contribution in [1.29, 1.82) is 0 Å². The van der Waals surface area contributed by atoms with E-state index >= 15 is 0 Å². The summed E-state index contributed by atoms with van der Waals surface area (Å²) in [5.74, 6) is 1.68. The molecule has 2 N–H and O–H groups in total. The molecule has 0 aliphatic heterocycles. The van der Waals surface area contributed by atoms with Gasteiger partial charge in [0.2, 0.25) is 0 Å². The maximum atomic E-state index is 13.0. The third-order valence-electron chi connectivity index (χ3n) is 5.60. The lowest BCUT2D eigenvalue weighted by Gasteiger charge is -2.19. The first-order valence-electron chi connectivity index (χ1n) is 10.3. The van der Waals surface area contributed by atoms with E-state index in [1.807, 2.05) is 48.7 Å². The Balaban J connectivity index is 1.64. The molecule has 0 saturated heterocycles. The van der Waals surface area contributed by atoms with Crippen LogP contribution in [-0.2, 0) is 0 Å². The summed E-state index contributed by atoms with van der Waals surface area (Å²) in [7, 11) is 4.77. The molecule has 1 atom stereocenters. The van der Waals surface area contributed by atoms with Crippen LogP contribution in [0.1, 0.15) is 27.4 Å². The third-order valence-corrected chi connectivity index (χ3v) is 5.60. The molecular weight excluding hydrogens is 404 g/mol. The molecule has 0 spiro atoms. The molecule has 1 unspecified atom stereocenters. The number of para-hydroxylation sites is 1. The molecular formula is C26H26N2O4. The maximum absolute atomic E-state index is 13.0. The summed E-state index contributed by atoms with van der Waals surface area (Å²) in [6.07, 6.45) is 2.01. The summed E-state index contributed by atoms with van der Waals surface area (Å²) < 4.78 is 15.9. The molecule has 1 aromatic heterocycles. The first-order chi connectivity index (χ1) is 15.6. The summed E-state index contributed by atoms with van der Waals surface area (Å²) in [6, 6.07) is 21.2. The molecule has 0 fully saturated rings. The van der Waals surface area contributed by atoms with Gasteiger partial charge in [0, 0.05) is 41.2 Å². The summed E-state index contributed by atoms with van der Waals surface area (Å²) in [5, 5.41) is 4.22. The molecule has 4 rings (SSSR count). The number of methoxy groups -OCH3 is 3. The Hall–Kier alpha value is -3.93. The van der Waals surface area contributed by atoms with Gasteiger partial charge in [-0.3, -0.25) is 4.79 Å². The molecule has 4 aromatic rings. The van der Waals surface area contributed by atoms with Crippen molar-refractivity contribution in [3.05, 3.63) is 89.6 Å². The largest absolute Gasteiger partial charge is 0.497 e. The number of aromatic nitrogens is 1. The molecule has 1 heterocycles. The number of hydrogen-bond acceptors (Lipinski definition) is 4. The zero-order chi connectivity index (χ0) is 22.5. The fourth-order valence-electron chi connectivity index (χ4n) is 3.86. The number of benzene rings is 3. The number of fused-ring (bicyclic) bond motifs is 1. The van der Waals surface area contributed by atoms with E-state index in [1.54, 1.807) is 39.5 Å². The van der Waals surface area contributed by atoms with Crippen LogP contribution in [0.2, 0.25) is 0 Å². The summed E-state index contributed by atoms with van der Waals surface area (Å²) in [5.41, 5.74) is 3.74. The van der Waals surface area contributed by atoms with Crippen LogP contribution in [0.15, 0.2) is 72.9 Å². The number of amides is 1. The van der Waals surface area contributed by atoms with Crippen molar-refractivity contribution in [2.45, 2.75) is 5.92 Å². The van der Waals surface area contributed by atoms with Crippen molar-refractivity contribution in [3.8, 4) is 17.2 Å². The third kappa shape index (κ3) is 4.39. The number of hydrogen-bond donors (Lipinski definition) is 2. The molecule has 0 aliphatic carbocycles. The topological polar surface area (TPSA) is 72.6 Å². The van der Waals surface area contributed by atoms with Gasteiger partial charge in [-0.25, -0.2) is 0 Å². The normalized spacial score (nSPS) is 11.7. The van der Waals surface area contributed by atoms with Gasteiger partial charge in [-0.05, 0) is 41.5 Å². The lowest BCUT2D eigenvalue weighted by molar-refractivity contribution is 0.0951. The van der Waals surface area contributed by atoms with Gasteiger partial charge in [-0.1, -0.05) is 30.3 Å². The summed E-state index contributed by atoms with van der Waals surface area (Å²) in [6.45, 7) is 0.423. The van der Waals surface area contributed by atoms with Crippen molar-refractivity contribution < 1.29 is 19.0 Å². The second-order valence-electron chi connectivity index (χ2n) is 7.43. The minimum Gasteiger partial charge on any atom is -0.497 e. The van der Waals surface area contributed by atoms with E-state index in [1.165, 1.54) is 0 Å². The average molecular weight is 431 g/mol. The standard InChI is InChI=1S/C26H26N2O4/c1-30-19-10-8-17(9-11-19)23(24-16-27-25-7-5-4-6-22(24)25)15-28-26(29)18-12-20(31-2)14-21(13-18)32-3/h4-14,16,23,27H,15H2,1-3H3,(H,28,29). The number of H-pyrrole nitrogens is 1. The van der Waals surface area contributed by atoms with E-state index in [9.17, 15) is 4.79 Å². The van der Waals surface area contributed by atoms with E-state index in [4.69, 9.17) is 14.2 Å². The number of aromatic amines is 1. The highest BCUT2D eigenvalue weighted by atomic mass is 16.5. The van der Waals surface area contributed by atoms with Crippen LogP contribution in [0.3, 0.4) is 0 Å². The fraction of sp³-hybridized carbons (Fsp3) is 0.192. The van der Waals surface area contributed by atoms with E-state index in [-0.39, 0.29) is 11.8 Å². The van der Waals surface area contributed by atoms with Crippen molar-refractivity contribution in [2.24, 2.45) is 0 Å². The number of ether oxygens (including phenoxy) is 3. The van der Waals surface area contributed by atoms with E-state index in [0.717, 1.165) is 27.8 Å². The summed E-state index contributed by atoms with van der Waals surface area (Å²) >= 11 is 0. The van der Waals surface area contributed by atoms with Gasteiger partial charge >= 0.3 is 0 Å². The maximum Gasteiger partial charge on any atom is 0.251 e. The van der Waals surface area contributed by atoms with Gasteiger partial charge in [0.15, 0.2) is 0 Å². The Labute approximate surface area is 187 Å². The Morgan fingerprint density at radius 1 is 0.875 bits per heavy atom. The first-order valence-corrected chi connectivity index (χ1v) is 10.3. The number of nitrogens with one attached hydrogen (secondary N) is 2. The van der Waals surface area contributed by atoms with Gasteiger partial charge in [-0.15, -0.1) is 0 Å². The predicted molar refractivity (Wildman–Crippen MR) is 125 cm³/mol. The number of rotatable bonds is 8. The van der Waals surface area contributed by atoms with Gasteiger partial charge in [-0.2, -0.15) is 0 Å². The SMILES string of the molecule is COc1ccc(C(CNC(=O)c2cc(OC)cc(OC)c2)c2c[nH]c3ccccc23)cc1. The predicted octanol–water partition coefficient (Wildman–Crippen LogP) is 4.76. The molecule has 0 bridgehead atoms. The second kappa shape index (κ2) is 9.47. The molecule has 0 saturated carbocycles. The minimum absolute atomic E-state index is 0.0477. The molecule has 3 aromatic carbocycles. The van der Waals surface area contributed by atoms with Crippen LogP contribution < -0.4 is 19.5 Å². The van der Waals surface area contributed by atoms with E-state index in [0.29, 0.717) is 23.6 Å². The molecule has 0 aliphatic rings. The Morgan fingerprint density at radius 2 is 1.53 bits per heavy atom. The average Bonchev–Trinajstić information content (AvgIpc) is 3.28. The lowest BCUT2D eigenvalue weighted by atomic mass is 9.90. The van der Waals surface area contributed by atoms with Crippen molar-refractivity contribution in [1.82, 2.24) is 10.3 Å². The molecule has 1 amide bonds. The zero-order valence-electron chi connectivity index (χ0n) is 18.3. The van der Waals surface area contributed by atoms with Gasteiger partial charge in [0.05, 0.1) is 21.3 Å². The van der Waals surface area contributed by atoms with Crippen molar-refractivity contribution in [3.63, 3.8) is 0 Å². The smallest absolute Gasteiger partial charge is 0.251 e. The van der Waals surface area contributed by atoms with Crippen molar-refractivity contribution in [2.75, 3.05) is 27.9 Å². The quantitative estimate of drug-likeness (QED) is 0.423. The number of carbonyl (C=O) groups excluding carboxylic acids is 1. The molecule has 32 heavy (non-hydrogen) atoms. The monoisotopic (exact) mass is 430 g/mol. The lowest BCUT2D eigenvalue weighted by Crippen LogP contribution is -2.29. The van der Waals surface area contributed by atoms with Gasteiger partial charge in [0.1, 0.15) is 17.2 Å². The highest BCUT2D eigenvalue weighted by Crippen LogP contribution is 2.31.